The number of nitrogens with zero attached hydrogens (tertiary/aromatic N) is 1. The van der Waals surface area contributed by atoms with Crippen LogP contribution < -0.4 is 5.32 Å². The van der Waals surface area contributed by atoms with Gasteiger partial charge >= 0.3 is 6.09 Å². The number of hydrogen-bond donors (Lipinski definition) is 1. The molecule has 0 aromatic heterocycles. The van der Waals surface area contributed by atoms with Crippen LogP contribution in [0.15, 0.2) is 30.3 Å². The van der Waals surface area contributed by atoms with Crippen molar-refractivity contribution < 1.29 is 14.3 Å². The molecule has 0 spiro atoms. The Morgan fingerprint density at radius 2 is 1.62 bits per heavy atom. The van der Waals surface area contributed by atoms with Crippen LogP contribution in [0, 0.1) is 5.41 Å². The summed E-state index contributed by atoms with van der Waals surface area (Å²) < 4.78 is 5.26. The summed E-state index contributed by atoms with van der Waals surface area (Å²) in [6, 6.07) is 9.70. The Morgan fingerprint density at radius 3 is 2.08 bits per heavy atom. The van der Waals surface area contributed by atoms with Gasteiger partial charge in [-0.15, -0.1) is 0 Å². The second-order valence-corrected chi connectivity index (χ2v) is 8.11. The Balaban J connectivity index is 2.75. The van der Waals surface area contributed by atoms with Crippen molar-refractivity contribution >= 4 is 12.0 Å². The first kappa shape index (κ1) is 20.0. The Hall–Kier alpha value is -2.04. The first-order valence-corrected chi connectivity index (χ1v) is 8.18. The average Bonchev–Trinajstić information content (AvgIpc) is 2.42. The van der Waals surface area contributed by atoms with E-state index in [0.29, 0.717) is 0 Å². The molecule has 1 atom stereocenters. The van der Waals surface area contributed by atoms with Crippen molar-refractivity contribution in [2.45, 2.75) is 53.2 Å². The number of carbonyl (C=O) groups is 2. The van der Waals surface area contributed by atoms with Gasteiger partial charge in [0.05, 0.1) is 6.04 Å². The Morgan fingerprint density at radius 1 is 1.08 bits per heavy atom. The van der Waals surface area contributed by atoms with Crippen LogP contribution in [0.2, 0.25) is 0 Å². The number of benzene rings is 1. The predicted octanol–water partition coefficient (Wildman–Crippen LogP) is 3.76. The molecule has 5 heteroatoms. The molecule has 134 valence electrons. The van der Waals surface area contributed by atoms with Crippen LogP contribution in [0.1, 0.15) is 53.1 Å². The van der Waals surface area contributed by atoms with Crippen LogP contribution in [-0.4, -0.2) is 36.1 Å². The molecule has 1 N–H and O–H groups in total. The van der Waals surface area contributed by atoms with Crippen molar-refractivity contribution in [1.82, 2.24) is 10.2 Å². The van der Waals surface area contributed by atoms with Crippen molar-refractivity contribution in [3.05, 3.63) is 35.9 Å². The van der Waals surface area contributed by atoms with Gasteiger partial charge in [-0.3, -0.25) is 4.79 Å². The predicted molar refractivity (Wildman–Crippen MR) is 95.6 cm³/mol. The van der Waals surface area contributed by atoms with E-state index in [1.54, 1.807) is 27.8 Å². The maximum absolute atomic E-state index is 12.4. The van der Waals surface area contributed by atoms with Crippen molar-refractivity contribution in [3.8, 4) is 0 Å². The van der Waals surface area contributed by atoms with Gasteiger partial charge in [-0.25, -0.2) is 4.79 Å². The summed E-state index contributed by atoms with van der Waals surface area (Å²) in [5.74, 6) is -0.216. The molecule has 0 aliphatic carbocycles. The number of hydrogen-bond acceptors (Lipinski definition) is 3. The molecule has 0 radical (unpaired) electrons. The third kappa shape index (κ3) is 6.60. The normalized spacial score (nSPS) is 13.1. The minimum absolute atomic E-state index is 0.0473. The van der Waals surface area contributed by atoms with Gasteiger partial charge in [0.2, 0.25) is 5.91 Å². The lowest BCUT2D eigenvalue weighted by atomic mass is 9.82. The smallest absolute Gasteiger partial charge is 0.410 e. The monoisotopic (exact) mass is 334 g/mol. The zero-order chi connectivity index (χ0) is 18.5. The first-order chi connectivity index (χ1) is 10.9. The van der Waals surface area contributed by atoms with Gasteiger partial charge in [0.25, 0.3) is 0 Å². The van der Waals surface area contributed by atoms with Gasteiger partial charge in [0.1, 0.15) is 12.1 Å². The standard InChI is InChI=1S/C19H30N2O3/c1-18(2,3)16(14-11-9-8-10-12-14)20-15(22)13-21(7)17(23)24-19(4,5)6/h8-12,16H,13H2,1-7H3,(H,20,22). The molecule has 0 bridgehead atoms. The number of amides is 2. The molecule has 0 heterocycles. The minimum Gasteiger partial charge on any atom is -0.444 e. The van der Waals surface area contributed by atoms with E-state index in [4.69, 9.17) is 4.74 Å². The minimum atomic E-state index is -0.584. The molecule has 1 aromatic rings. The summed E-state index contributed by atoms with van der Waals surface area (Å²) in [4.78, 5) is 25.6. The fourth-order valence-electron chi connectivity index (χ4n) is 2.27. The quantitative estimate of drug-likeness (QED) is 0.912. The van der Waals surface area contributed by atoms with Crippen molar-refractivity contribution in [1.29, 1.82) is 0 Å². The summed E-state index contributed by atoms with van der Waals surface area (Å²) in [5.41, 5.74) is 0.305. The third-order valence-corrected chi connectivity index (χ3v) is 3.39. The lowest BCUT2D eigenvalue weighted by Crippen LogP contribution is -2.44. The van der Waals surface area contributed by atoms with Crippen molar-refractivity contribution in [2.75, 3.05) is 13.6 Å². The molecule has 0 saturated heterocycles. The zero-order valence-electron chi connectivity index (χ0n) is 15.8. The highest BCUT2D eigenvalue weighted by Gasteiger charge is 2.29. The highest BCUT2D eigenvalue weighted by molar-refractivity contribution is 5.82. The van der Waals surface area contributed by atoms with E-state index in [2.05, 4.69) is 26.1 Å². The van der Waals surface area contributed by atoms with E-state index in [-0.39, 0.29) is 23.9 Å². The van der Waals surface area contributed by atoms with Gasteiger partial charge < -0.3 is 15.0 Å². The van der Waals surface area contributed by atoms with Gasteiger partial charge in [0, 0.05) is 7.05 Å². The van der Waals surface area contributed by atoms with Crippen LogP contribution >= 0.6 is 0 Å². The molecule has 0 aliphatic heterocycles. The number of ether oxygens (including phenoxy) is 1. The van der Waals surface area contributed by atoms with E-state index in [0.717, 1.165) is 5.56 Å². The van der Waals surface area contributed by atoms with E-state index in [1.165, 1.54) is 4.90 Å². The average molecular weight is 334 g/mol. The molecule has 1 aromatic carbocycles. The molecule has 2 amide bonds. The second-order valence-electron chi connectivity index (χ2n) is 8.11. The molecule has 24 heavy (non-hydrogen) atoms. The molecular formula is C19H30N2O3. The molecule has 5 nitrogen and oxygen atoms in total. The number of rotatable bonds is 4. The SMILES string of the molecule is CN(CC(=O)NC(c1ccccc1)C(C)(C)C)C(=O)OC(C)(C)C. The number of carbonyl (C=O) groups excluding carboxylic acids is 2. The van der Waals surface area contributed by atoms with E-state index < -0.39 is 11.7 Å². The lowest BCUT2D eigenvalue weighted by Gasteiger charge is -2.32. The summed E-state index contributed by atoms with van der Waals surface area (Å²) in [6.07, 6.45) is -0.510. The number of likely N-dealkylation sites (N-methyl/N-ethyl adjacent to an activating group) is 1. The maximum Gasteiger partial charge on any atom is 0.410 e. The van der Waals surface area contributed by atoms with Crippen molar-refractivity contribution in [3.63, 3.8) is 0 Å². The molecule has 0 aliphatic rings. The molecular weight excluding hydrogens is 304 g/mol. The Bertz CT molecular complexity index is 556. The fraction of sp³-hybridized carbons (Fsp3) is 0.579. The van der Waals surface area contributed by atoms with Gasteiger partial charge in [-0.1, -0.05) is 51.1 Å². The largest absolute Gasteiger partial charge is 0.444 e. The van der Waals surface area contributed by atoms with E-state index >= 15 is 0 Å². The van der Waals surface area contributed by atoms with E-state index in [9.17, 15) is 9.59 Å². The van der Waals surface area contributed by atoms with E-state index in [1.807, 2.05) is 30.3 Å². The maximum atomic E-state index is 12.4. The van der Waals surface area contributed by atoms with Crippen LogP contribution in [0.25, 0.3) is 0 Å². The van der Waals surface area contributed by atoms with Gasteiger partial charge in [-0.2, -0.15) is 0 Å². The second kappa shape index (κ2) is 7.69. The third-order valence-electron chi connectivity index (χ3n) is 3.39. The summed E-state index contributed by atoms with van der Waals surface area (Å²) in [5, 5.41) is 3.03. The lowest BCUT2D eigenvalue weighted by molar-refractivity contribution is -0.123. The molecule has 0 fully saturated rings. The van der Waals surface area contributed by atoms with Crippen LogP contribution in [0.3, 0.4) is 0 Å². The first-order valence-electron chi connectivity index (χ1n) is 8.18. The molecule has 0 saturated carbocycles. The van der Waals surface area contributed by atoms with Crippen LogP contribution in [0.5, 0.6) is 0 Å². The fourth-order valence-corrected chi connectivity index (χ4v) is 2.27. The van der Waals surface area contributed by atoms with Crippen LogP contribution in [0.4, 0.5) is 4.79 Å². The van der Waals surface area contributed by atoms with Gasteiger partial charge in [-0.05, 0) is 31.7 Å². The summed E-state index contributed by atoms with van der Waals surface area (Å²) in [6.45, 7) is 11.6. The highest BCUT2D eigenvalue weighted by atomic mass is 16.6. The Labute approximate surface area is 145 Å². The summed E-state index contributed by atoms with van der Waals surface area (Å²) >= 11 is 0. The molecule has 1 rings (SSSR count). The van der Waals surface area contributed by atoms with Crippen molar-refractivity contribution in [2.24, 2.45) is 5.41 Å². The van der Waals surface area contributed by atoms with Gasteiger partial charge in [0.15, 0.2) is 0 Å². The topological polar surface area (TPSA) is 58.6 Å². The summed E-state index contributed by atoms with van der Waals surface area (Å²) in [7, 11) is 1.56. The number of nitrogens with one attached hydrogen (secondary N) is 1. The Kier molecular flexibility index (Phi) is 6.41. The highest BCUT2D eigenvalue weighted by Crippen LogP contribution is 2.32. The van der Waals surface area contributed by atoms with Crippen LogP contribution in [-0.2, 0) is 9.53 Å². The zero-order valence-corrected chi connectivity index (χ0v) is 15.8. The molecule has 1 unspecified atom stereocenters.